The number of fused-ring (bicyclic) bond motifs is 1. The number of benzene rings is 2. The number of anilines is 1. The average molecular weight is 452 g/mol. The van der Waals surface area contributed by atoms with Gasteiger partial charge in [0.15, 0.2) is 6.61 Å². The van der Waals surface area contributed by atoms with Gasteiger partial charge in [-0.25, -0.2) is 9.59 Å². The molecule has 0 saturated carbocycles. The largest absolute Gasteiger partial charge is 0.454 e. The van der Waals surface area contributed by atoms with Gasteiger partial charge in [-0.3, -0.25) is 28.8 Å². The van der Waals surface area contributed by atoms with Gasteiger partial charge in [0, 0.05) is 12.2 Å². The third kappa shape index (κ3) is 5.35. The molecule has 2 aromatic carbocycles. The maximum atomic E-state index is 12.7. The Bertz CT molecular complexity index is 1360. The van der Waals surface area contributed by atoms with Crippen LogP contribution in [0.25, 0.3) is 10.9 Å². The van der Waals surface area contributed by atoms with Crippen LogP contribution in [0.3, 0.4) is 0 Å². The zero-order chi connectivity index (χ0) is 24.1. The molecule has 0 unspecified atom stereocenters. The lowest BCUT2D eigenvalue weighted by molar-refractivity contribution is -0.148. The molecule has 0 bridgehead atoms. The van der Waals surface area contributed by atoms with Crippen LogP contribution in [0.4, 0.5) is 10.5 Å². The fraction of sp³-hybridized carbons (Fsp3) is 0.261. The lowest BCUT2D eigenvalue weighted by Gasteiger charge is -2.13. The lowest BCUT2D eigenvalue weighted by Crippen LogP contribution is -2.41. The zero-order valence-corrected chi connectivity index (χ0v) is 18.5. The number of aromatic nitrogens is 2. The van der Waals surface area contributed by atoms with Gasteiger partial charge >= 0.3 is 17.7 Å². The summed E-state index contributed by atoms with van der Waals surface area (Å²) in [5.41, 5.74) is 1.73. The fourth-order valence-electron chi connectivity index (χ4n) is 3.27. The van der Waals surface area contributed by atoms with Crippen LogP contribution in [0.5, 0.6) is 0 Å². The van der Waals surface area contributed by atoms with Crippen LogP contribution < -0.4 is 21.9 Å². The van der Waals surface area contributed by atoms with Crippen molar-refractivity contribution in [3.63, 3.8) is 0 Å². The lowest BCUT2D eigenvalue weighted by atomic mass is 10.1. The van der Waals surface area contributed by atoms with Crippen molar-refractivity contribution < 1.29 is 19.1 Å². The summed E-state index contributed by atoms with van der Waals surface area (Å²) in [4.78, 5) is 61.4. The van der Waals surface area contributed by atoms with Gasteiger partial charge in [0.2, 0.25) is 0 Å². The monoisotopic (exact) mass is 452 g/mol. The van der Waals surface area contributed by atoms with E-state index in [1.54, 1.807) is 43.3 Å². The van der Waals surface area contributed by atoms with Gasteiger partial charge in [-0.2, -0.15) is 0 Å². The number of nitrogens with one attached hydrogen (secondary N) is 2. The number of carbonyl (C=O) groups is 3. The number of amides is 3. The highest BCUT2D eigenvalue weighted by molar-refractivity contribution is 6.01. The number of aryl methyl sites for hydroxylation is 2. The molecule has 172 valence electrons. The van der Waals surface area contributed by atoms with E-state index in [9.17, 15) is 24.0 Å². The molecule has 0 spiro atoms. The molecular formula is C23H24N4O6. The predicted molar refractivity (Wildman–Crippen MR) is 122 cm³/mol. The van der Waals surface area contributed by atoms with E-state index < -0.39 is 42.3 Å². The van der Waals surface area contributed by atoms with Crippen LogP contribution in [0.2, 0.25) is 0 Å². The second-order valence-electron chi connectivity index (χ2n) is 7.40. The van der Waals surface area contributed by atoms with Gasteiger partial charge in [0.05, 0.1) is 10.9 Å². The highest BCUT2D eigenvalue weighted by Crippen LogP contribution is 2.13. The minimum absolute atomic E-state index is 0.134. The number of urea groups is 1. The van der Waals surface area contributed by atoms with Gasteiger partial charge in [-0.05, 0) is 56.2 Å². The molecule has 3 aromatic rings. The highest BCUT2D eigenvalue weighted by Gasteiger charge is 2.16. The molecule has 0 fully saturated rings. The van der Waals surface area contributed by atoms with Crippen LogP contribution in [0.15, 0.2) is 52.1 Å². The van der Waals surface area contributed by atoms with Crippen molar-refractivity contribution in [2.45, 2.75) is 33.9 Å². The van der Waals surface area contributed by atoms with Gasteiger partial charge < -0.3 is 10.1 Å². The number of ether oxygens (including phenoxy) is 1. The van der Waals surface area contributed by atoms with Gasteiger partial charge in [-0.15, -0.1) is 0 Å². The predicted octanol–water partition coefficient (Wildman–Crippen LogP) is 1.69. The Labute approximate surface area is 188 Å². The molecule has 3 rings (SSSR count). The van der Waals surface area contributed by atoms with Gasteiger partial charge in [0.1, 0.15) is 6.54 Å². The second-order valence-corrected chi connectivity index (χ2v) is 7.40. The molecular weight excluding hydrogens is 428 g/mol. The first-order chi connectivity index (χ1) is 15.7. The first-order valence-corrected chi connectivity index (χ1v) is 10.3. The Morgan fingerprint density at radius 1 is 0.970 bits per heavy atom. The van der Waals surface area contributed by atoms with E-state index >= 15 is 0 Å². The number of imide groups is 1. The van der Waals surface area contributed by atoms with Crippen LogP contribution in [0, 0.1) is 13.8 Å². The maximum Gasteiger partial charge on any atom is 0.332 e. The normalized spacial score (nSPS) is 10.6. The molecule has 1 heterocycles. The fourth-order valence-corrected chi connectivity index (χ4v) is 3.27. The minimum Gasteiger partial charge on any atom is -0.454 e. The van der Waals surface area contributed by atoms with Crippen molar-refractivity contribution >= 4 is 34.5 Å². The number of carbonyl (C=O) groups excluding carboxylic acids is 3. The summed E-state index contributed by atoms with van der Waals surface area (Å²) in [5.74, 6) is -1.70. The number of esters is 1. The molecule has 0 saturated heterocycles. The number of hydrogen-bond acceptors (Lipinski definition) is 6. The smallest absolute Gasteiger partial charge is 0.332 e. The second kappa shape index (κ2) is 9.94. The van der Waals surface area contributed by atoms with E-state index in [1.807, 2.05) is 19.9 Å². The third-order valence-electron chi connectivity index (χ3n) is 5.12. The zero-order valence-electron chi connectivity index (χ0n) is 18.5. The third-order valence-corrected chi connectivity index (χ3v) is 5.12. The van der Waals surface area contributed by atoms with Crippen LogP contribution in [0.1, 0.15) is 18.1 Å². The molecule has 10 nitrogen and oxygen atoms in total. The SMILES string of the molecule is CCn1c(=O)c2ccccc2n(CC(=O)OCC(=O)NC(=O)Nc2ccc(C)c(C)c2)c1=O. The molecule has 0 atom stereocenters. The topological polar surface area (TPSA) is 128 Å². The molecule has 1 aromatic heterocycles. The van der Waals surface area contributed by atoms with Crippen LogP contribution in [-0.4, -0.2) is 33.6 Å². The number of hydrogen-bond donors (Lipinski definition) is 2. The van der Waals surface area contributed by atoms with Gasteiger partial charge in [0.25, 0.3) is 11.5 Å². The molecule has 33 heavy (non-hydrogen) atoms. The number of para-hydroxylation sites is 1. The standard InChI is InChI=1S/C23H24N4O6/c1-4-26-21(30)17-7-5-6-8-18(17)27(23(26)32)12-20(29)33-13-19(28)25-22(31)24-16-10-9-14(2)15(3)11-16/h5-11H,4,12-13H2,1-3H3,(H2,24,25,28,31). The van der Waals surface area contributed by atoms with E-state index in [1.165, 1.54) is 0 Å². The summed E-state index contributed by atoms with van der Waals surface area (Å²) in [6, 6.07) is 10.9. The first kappa shape index (κ1) is 23.5. The molecule has 2 N–H and O–H groups in total. The van der Waals surface area contributed by atoms with E-state index in [4.69, 9.17) is 4.74 Å². The minimum atomic E-state index is -0.867. The van der Waals surface area contributed by atoms with E-state index in [0.29, 0.717) is 5.69 Å². The van der Waals surface area contributed by atoms with Crippen molar-refractivity contribution in [3.05, 3.63) is 74.4 Å². The Morgan fingerprint density at radius 2 is 1.70 bits per heavy atom. The maximum absolute atomic E-state index is 12.7. The Morgan fingerprint density at radius 3 is 2.39 bits per heavy atom. The number of nitrogens with zero attached hydrogens (tertiary/aromatic N) is 2. The Hall–Kier alpha value is -4.21. The van der Waals surface area contributed by atoms with Crippen molar-refractivity contribution in [1.29, 1.82) is 0 Å². The summed E-state index contributed by atoms with van der Waals surface area (Å²) in [5, 5.41) is 4.88. The van der Waals surface area contributed by atoms with Crippen LogP contribution >= 0.6 is 0 Å². The van der Waals surface area contributed by atoms with Crippen LogP contribution in [-0.2, 0) is 27.4 Å². The van der Waals surface area contributed by atoms with Crippen molar-refractivity contribution in [2.75, 3.05) is 11.9 Å². The summed E-state index contributed by atoms with van der Waals surface area (Å²) < 4.78 is 7.05. The van der Waals surface area contributed by atoms with Gasteiger partial charge in [-0.1, -0.05) is 18.2 Å². The van der Waals surface area contributed by atoms with Crippen molar-refractivity contribution in [1.82, 2.24) is 14.5 Å². The molecule has 0 radical (unpaired) electrons. The van der Waals surface area contributed by atoms with Crippen molar-refractivity contribution in [2.24, 2.45) is 0 Å². The Kier molecular flexibility index (Phi) is 7.07. The first-order valence-electron chi connectivity index (χ1n) is 10.3. The summed E-state index contributed by atoms with van der Waals surface area (Å²) in [7, 11) is 0. The van der Waals surface area contributed by atoms with Crippen molar-refractivity contribution in [3.8, 4) is 0 Å². The Balaban J connectivity index is 1.62. The molecule has 0 aliphatic rings. The molecule has 10 heteroatoms. The summed E-state index contributed by atoms with van der Waals surface area (Å²) in [6.07, 6.45) is 0. The molecule has 3 amide bonds. The van der Waals surface area contributed by atoms with E-state index in [-0.39, 0.29) is 17.4 Å². The summed E-state index contributed by atoms with van der Waals surface area (Å²) in [6.45, 7) is 4.40. The highest BCUT2D eigenvalue weighted by atomic mass is 16.5. The van der Waals surface area contributed by atoms with E-state index in [0.717, 1.165) is 20.3 Å². The van der Waals surface area contributed by atoms with E-state index in [2.05, 4.69) is 10.6 Å². The molecule has 0 aliphatic heterocycles. The number of rotatable bonds is 6. The quantitative estimate of drug-likeness (QED) is 0.548. The average Bonchev–Trinajstić information content (AvgIpc) is 2.78. The summed E-state index contributed by atoms with van der Waals surface area (Å²) >= 11 is 0. The molecule has 0 aliphatic carbocycles.